The molecular weight excluding hydrogens is 428 g/mol. The van der Waals surface area contributed by atoms with E-state index in [1.165, 1.54) is 18.9 Å². The number of likely N-dealkylation sites (tertiary alicyclic amines) is 1. The number of methoxy groups -OCH3 is 1. The third-order valence-corrected chi connectivity index (χ3v) is 6.89. The summed E-state index contributed by atoms with van der Waals surface area (Å²) in [5.41, 5.74) is 1.57. The van der Waals surface area contributed by atoms with E-state index in [1.54, 1.807) is 24.4 Å². The minimum atomic E-state index is -0.466. The van der Waals surface area contributed by atoms with E-state index in [4.69, 9.17) is 4.74 Å². The van der Waals surface area contributed by atoms with Crippen molar-refractivity contribution in [1.29, 1.82) is 0 Å². The Bertz CT molecular complexity index is 1020. The van der Waals surface area contributed by atoms with E-state index >= 15 is 0 Å². The van der Waals surface area contributed by atoms with Gasteiger partial charge in [-0.1, -0.05) is 12.1 Å². The number of benzene rings is 1. The van der Waals surface area contributed by atoms with Crippen molar-refractivity contribution in [2.75, 3.05) is 33.0 Å². The fourth-order valence-electron chi connectivity index (χ4n) is 4.37. The molecule has 0 aliphatic carbocycles. The molecule has 9 heteroatoms. The first-order chi connectivity index (χ1) is 15.5. The highest BCUT2D eigenvalue weighted by Gasteiger charge is 2.47. The summed E-state index contributed by atoms with van der Waals surface area (Å²) in [6.07, 6.45) is 4.91. The van der Waals surface area contributed by atoms with Crippen molar-refractivity contribution in [2.45, 2.75) is 30.1 Å². The molecule has 0 radical (unpaired) electrons. The van der Waals surface area contributed by atoms with Crippen molar-refractivity contribution in [2.24, 2.45) is 0 Å². The molecule has 2 aliphatic heterocycles. The highest BCUT2D eigenvalue weighted by atomic mass is 32.2. The Morgan fingerprint density at radius 3 is 2.56 bits per heavy atom. The molecule has 3 heterocycles. The highest BCUT2D eigenvalue weighted by molar-refractivity contribution is 7.98. The average Bonchev–Trinajstić information content (AvgIpc) is 3.13. The molecule has 1 aromatic carbocycles. The van der Waals surface area contributed by atoms with Gasteiger partial charge in [0, 0.05) is 38.7 Å². The van der Waals surface area contributed by atoms with Gasteiger partial charge in [0.2, 0.25) is 5.91 Å². The van der Waals surface area contributed by atoms with Crippen LogP contribution in [0.15, 0.2) is 47.6 Å². The van der Waals surface area contributed by atoms with E-state index in [1.807, 2.05) is 34.3 Å². The van der Waals surface area contributed by atoms with Gasteiger partial charge in [-0.3, -0.25) is 14.9 Å². The number of hydrogen-bond acceptors (Lipinski definition) is 7. The number of piperidine rings is 1. The number of aromatic nitrogens is 1. The zero-order valence-electron chi connectivity index (χ0n) is 18.2. The standard InChI is InChI=1S/C23H26N4O4S/c1-31-22(30)17-7-5-16(6-8-17)15-27-19(28)14-25-23(27)9-12-26(13-10-23)21(29)18-4-3-11-24-20(18)32-2/h3-8,11,25H,9-10,12-15H2,1-2H3. The Morgan fingerprint density at radius 1 is 1.19 bits per heavy atom. The Labute approximate surface area is 191 Å². The number of carbonyl (C=O) groups is 3. The molecule has 32 heavy (non-hydrogen) atoms. The summed E-state index contributed by atoms with van der Waals surface area (Å²) in [5, 5.41) is 4.13. The predicted octanol–water partition coefficient (Wildman–Crippen LogP) is 2.15. The van der Waals surface area contributed by atoms with Gasteiger partial charge in [0.1, 0.15) is 5.03 Å². The molecule has 4 rings (SSSR count). The minimum absolute atomic E-state index is 0.0217. The van der Waals surface area contributed by atoms with Gasteiger partial charge in [-0.05, 0) is 36.1 Å². The summed E-state index contributed by atoms with van der Waals surface area (Å²) in [6.45, 7) is 1.84. The van der Waals surface area contributed by atoms with Crippen molar-refractivity contribution in [3.8, 4) is 0 Å². The number of amides is 2. The maximum Gasteiger partial charge on any atom is 0.337 e. The SMILES string of the molecule is COC(=O)c1ccc(CN2C(=O)CNC23CCN(C(=O)c2cccnc2SC)CC3)cc1. The van der Waals surface area contributed by atoms with Crippen LogP contribution in [0.25, 0.3) is 0 Å². The molecular formula is C23H26N4O4S. The van der Waals surface area contributed by atoms with Gasteiger partial charge in [-0.2, -0.15) is 0 Å². The van der Waals surface area contributed by atoms with Crippen LogP contribution in [-0.4, -0.2) is 71.2 Å². The first kappa shape index (κ1) is 22.3. The third-order valence-electron chi connectivity index (χ3n) is 6.17. The number of thioether (sulfide) groups is 1. The number of hydrogen-bond donors (Lipinski definition) is 1. The van der Waals surface area contributed by atoms with Crippen molar-refractivity contribution in [3.05, 3.63) is 59.3 Å². The zero-order chi connectivity index (χ0) is 22.7. The van der Waals surface area contributed by atoms with Gasteiger partial charge in [0.15, 0.2) is 0 Å². The minimum Gasteiger partial charge on any atom is -0.465 e. The molecule has 2 saturated heterocycles. The number of carbonyl (C=O) groups excluding carboxylic acids is 3. The van der Waals surface area contributed by atoms with Crippen molar-refractivity contribution >= 4 is 29.5 Å². The molecule has 168 valence electrons. The molecule has 2 fully saturated rings. The molecule has 1 spiro atoms. The molecule has 2 aromatic rings. The van der Waals surface area contributed by atoms with E-state index in [0.29, 0.717) is 43.6 Å². The van der Waals surface area contributed by atoms with Crippen LogP contribution < -0.4 is 5.32 Å². The molecule has 1 N–H and O–H groups in total. The van der Waals surface area contributed by atoms with E-state index < -0.39 is 5.66 Å². The van der Waals surface area contributed by atoms with Crippen LogP contribution in [0.1, 0.15) is 39.1 Å². The van der Waals surface area contributed by atoms with Crippen molar-refractivity contribution in [1.82, 2.24) is 20.1 Å². The quantitative estimate of drug-likeness (QED) is 0.547. The lowest BCUT2D eigenvalue weighted by molar-refractivity contribution is -0.132. The topological polar surface area (TPSA) is 91.8 Å². The summed E-state index contributed by atoms with van der Waals surface area (Å²) >= 11 is 1.46. The second kappa shape index (κ2) is 9.30. The number of rotatable bonds is 5. The number of nitrogens with one attached hydrogen (secondary N) is 1. The number of pyridine rings is 1. The van der Waals surface area contributed by atoms with E-state index in [2.05, 4.69) is 10.3 Å². The molecule has 0 unspecified atom stereocenters. The zero-order valence-corrected chi connectivity index (χ0v) is 19.0. The van der Waals surface area contributed by atoms with Crippen LogP contribution in [0.3, 0.4) is 0 Å². The molecule has 8 nitrogen and oxygen atoms in total. The molecule has 0 atom stereocenters. The fourth-order valence-corrected chi connectivity index (χ4v) is 4.91. The van der Waals surface area contributed by atoms with Crippen LogP contribution in [0.4, 0.5) is 0 Å². The van der Waals surface area contributed by atoms with Crippen LogP contribution in [0, 0.1) is 0 Å². The second-order valence-electron chi connectivity index (χ2n) is 7.91. The largest absolute Gasteiger partial charge is 0.465 e. The Kier molecular flexibility index (Phi) is 6.48. The van der Waals surface area contributed by atoms with Crippen LogP contribution in [0.2, 0.25) is 0 Å². The maximum atomic E-state index is 13.1. The average molecular weight is 455 g/mol. The van der Waals surface area contributed by atoms with Crippen molar-refractivity contribution < 1.29 is 19.1 Å². The van der Waals surface area contributed by atoms with Gasteiger partial charge < -0.3 is 14.5 Å². The fraction of sp³-hybridized carbons (Fsp3) is 0.391. The van der Waals surface area contributed by atoms with E-state index in [-0.39, 0.29) is 24.3 Å². The van der Waals surface area contributed by atoms with E-state index in [9.17, 15) is 14.4 Å². The first-order valence-corrected chi connectivity index (χ1v) is 11.7. The lowest BCUT2D eigenvalue weighted by Gasteiger charge is -2.44. The highest BCUT2D eigenvalue weighted by Crippen LogP contribution is 2.32. The summed E-state index contributed by atoms with van der Waals surface area (Å²) in [4.78, 5) is 45.4. The normalized spacial score (nSPS) is 17.6. The maximum absolute atomic E-state index is 13.1. The first-order valence-electron chi connectivity index (χ1n) is 10.5. The molecule has 2 amide bonds. The molecule has 0 saturated carbocycles. The monoisotopic (exact) mass is 454 g/mol. The van der Waals surface area contributed by atoms with Gasteiger partial charge in [0.25, 0.3) is 5.91 Å². The third kappa shape index (κ3) is 4.22. The second-order valence-corrected chi connectivity index (χ2v) is 8.70. The summed E-state index contributed by atoms with van der Waals surface area (Å²) in [6, 6.07) is 10.7. The van der Waals surface area contributed by atoms with Crippen LogP contribution >= 0.6 is 11.8 Å². The van der Waals surface area contributed by atoms with Crippen LogP contribution in [0.5, 0.6) is 0 Å². The van der Waals surface area contributed by atoms with Gasteiger partial charge in [0.05, 0.1) is 30.4 Å². The molecule has 0 bridgehead atoms. The molecule has 2 aliphatic rings. The Hall–Kier alpha value is -2.91. The van der Waals surface area contributed by atoms with Gasteiger partial charge in [-0.25, -0.2) is 9.78 Å². The van der Waals surface area contributed by atoms with Gasteiger partial charge >= 0.3 is 5.97 Å². The molecule has 1 aromatic heterocycles. The summed E-state index contributed by atoms with van der Waals surface area (Å²) < 4.78 is 4.74. The smallest absolute Gasteiger partial charge is 0.337 e. The van der Waals surface area contributed by atoms with Gasteiger partial charge in [-0.15, -0.1) is 11.8 Å². The number of nitrogens with zero attached hydrogens (tertiary/aromatic N) is 3. The summed E-state index contributed by atoms with van der Waals surface area (Å²) in [7, 11) is 1.35. The Balaban J connectivity index is 1.45. The predicted molar refractivity (Wildman–Crippen MR) is 120 cm³/mol. The Morgan fingerprint density at radius 2 is 1.91 bits per heavy atom. The number of esters is 1. The van der Waals surface area contributed by atoms with Crippen molar-refractivity contribution in [3.63, 3.8) is 0 Å². The lowest BCUT2D eigenvalue weighted by atomic mass is 9.95. The van der Waals surface area contributed by atoms with Crippen LogP contribution in [-0.2, 0) is 16.1 Å². The summed E-state index contributed by atoms with van der Waals surface area (Å²) in [5.74, 6) is -0.368. The number of ether oxygens (including phenoxy) is 1. The lowest BCUT2D eigenvalue weighted by Crippen LogP contribution is -2.59. The van der Waals surface area contributed by atoms with E-state index in [0.717, 1.165) is 10.6 Å².